The molecule has 0 spiro atoms. The molecule has 0 saturated heterocycles. The van der Waals surface area contributed by atoms with Crippen molar-refractivity contribution in [1.29, 1.82) is 0 Å². The van der Waals surface area contributed by atoms with Crippen LogP contribution in [0.2, 0.25) is 0 Å². The van der Waals surface area contributed by atoms with Gasteiger partial charge in [-0.05, 0) is 19.8 Å². The average Bonchev–Trinajstić information content (AvgIpc) is 2.53. The molecule has 0 atom stereocenters. The minimum atomic E-state index is -3.54. The zero-order chi connectivity index (χ0) is 13.9. The van der Waals surface area contributed by atoms with Crippen LogP contribution in [0.3, 0.4) is 0 Å². The van der Waals surface area contributed by atoms with E-state index >= 15 is 0 Å². The number of nitrogen functional groups attached to an aromatic ring is 1. The van der Waals surface area contributed by atoms with Crippen LogP contribution in [0.15, 0.2) is 4.90 Å². The largest absolute Gasteiger partial charge is 0.381 e. The van der Waals surface area contributed by atoms with Crippen molar-refractivity contribution in [1.82, 2.24) is 14.1 Å². The van der Waals surface area contributed by atoms with Gasteiger partial charge in [0.1, 0.15) is 4.90 Å². The lowest BCUT2D eigenvalue weighted by molar-refractivity contribution is 0.410. The number of anilines is 1. The summed E-state index contributed by atoms with van der Waals surface area (Å²) < 4.78 is 28.1. The topological polar surface area (TPSA) is 81.2 Å². The van der Waals surface area contributed by atoms with E-state index in [-0.39, 0.29) is 10.7 Å². The Labute approximate surface area is 109 Å². The molecule has 0 radical (unpaired) electrons. The molecule has 6 nitrogen and oxygen atoms in total. The van der Waals surface area contributed by atoms with Crippen LogP contribution in [0.4, 0.5) is 5.82 Å². The zero-order valence-electron chi connectivity index (χ0n) is 11.5. The van der Waals surface area contributed by atoms with Gasteiger partial charge in [0.15, 0.2) is 5.82 Å². The molecule has 0 amide bonds. The van der Waals surface area contributed by atoms with E-state index in [9.17, 15) is 8.42 Å². The maximum Gasteiger partial charge on any atom is 0.248 e. The average molecular weight is 274 g/mol. The van der Waals surface area contributed by atoms with Gasteiger partial charge in [0.2, 0.25) is 10.0 Å². The molecule has 0 aliphatic carbocycles. The molecule has 0 aromatic carbocycles. The van der Waals surface area contributed by atoms with Crippen LogP contribution in [0.25, 0.3) is 0 Å². The summed E-state index contributed by atoms with van der Waals surface area (Å²) >= 11 is 0. The highest BCUT2D eigenvalue weighted by molar-refractivity contribution is 7.89. The van der Waals surface area contributed by atoms with Crippen molar-refractivity contribution in [2.45, 2.75) is 38.5 Å². The fourth-order valence-electron chi connectivity index (χ4n) is 1.91. The van der Waals surface area contributed by atoms with Crippen molar-refractivity contribution in [2.75, 3.05) is 18.8 Å². The van der Waals surface area contributed by atoms with Gasteiger partial charge in [-0.25, -0.2) is 8.42 Å². The quantitative estimate of drug-likeness (QED) is 0.843. The van der Waals surface area contributed by atoms with Gasteiger partial charge in [0.25, 0.3) is 0 Å². The lowest BCUT2D eigenvalue weighted by Crippen LogP contribution is -2.33. The highest BCUT2D eigenvalue weighted by Crippen LogP contribution is 2.25. The number of rotatable bonds is 6. The molecule has 18 heavy (non-hydrogen) atoms. The molecule has 1 aromatic heterocycles. The molecule has 0 saturated carbocycles. The summed E-state index contributed by atoms with van der Waals surface area (Å²) in [4.78, 5) is 0.145. The Morgan fingerprint density at radius 2 is 1.78 bits per heavy atom. The second kappa shape index (κ2) is 5.71. The molecular weight excluding hydrogens is 252 g/mol. The third-order valence-electron chi connectivity index (χ3n) is 2.85. The van der Waals surface area contributed by atoms with Crippen LogP contribution in [-0.4, -0.2) is 35.6 Å². The molecule has 0 fully saturated rings. The van der Waals surface area contributed by atoms with E-state index in [4.69, 9.17) is 5.73 Å². The number of nitrogens with zero attached hydrogens (tertiary/aromatic N) is 3. The van der Waals surface area contributed by atoms with Crippen molar-refractivity contribution >= 4 is 15.8 Å². The first-order valence-electron chi connectivity index (χ1n) is 6.15. The third kappa shape index (κ3) is 2.67. The maximum absolute atomic E-state index is 12.6. The van der Waals surface area contributed by atoms with Gasteiger partial charge >= 0.3 is 0 Å². The predicted molar refractivity (Wildman–Crippen MR) is 71.7 cm³/mol. The van der Waals surface area contributed by atoms with Crippen molar-refractivity contribution in [3.05, 3.63) is 5.69 Å². The molecule has 7 heteroatoms. The van der Waals surface area contributed by atoms with Gasteiger partial charge in [0.05, 0.1) is 5.69 Å². The molecule has 1 heterocycles. The molecule has 0 unspecified atom stereocenters. The van der Waals surface area contributed by atoms with Gasteiger partial charge in [-0.1, -0.05) is 13.8 Å². The van der Waals surface area contributed by atoms with Crippen LogP contribution in [0, 0.1) is 6.92 Å². The predicted octanol–water partition coefficient (Wildman–Crippen LogP) is 1.12. The molecule has 104 valence electrons. The van der Waals surface area contributed by atoms with E-state index in [1.54, 1.807) is 14.0 Å². The summed E-state index contributed by atoms with van der Waals surface area (Å²) in [6, 6.07) is 0. The highest BCUT2D eigenvalue weighted by Gasteiger charge is 2.30. The number of hydrogen-bond acceptors (Lipinski definition) is 4. The van der Waals surface area contributed by atoms with Gasteiger partial charge in [0, 0.05) is 20.1 Å². The Balaban J connectivity index is 3.26. The molecule has 1 aromatic rings. The van der Waals surface area contributed by atoms with Crippen molar-refractivity contribution in [2.24, 2.45) is 7.05 Å². The number of aromatic nitrogens is 2. The first kappa shape index (κ1) is 15.0. The number of sulfonamides is 1. The van der Waals surface area contributed by atoms with Gasteiger partial charge in [-0.3, -0.25) is 4.68 Å². The third-order valence-corrected chi connectivity index (χ3v) is 4.91. The molecule has 0 aliphatic rings. The monoisotopic (exact) mass is 274 g/mol. The first-order chi connectivity index (χ1) is 8.36. The van der Waals surface area contributed by atoms with Crippen molar-refractivity contribution in [3.8, 4) is 0 Å². The smallest absolute Gasteiger partial charge is 0.248 e. The first-order valence-corrected chi connectivity index (χ1v) is 7.59. The Morgan fingerprint density at radius 1 is 1.28 bits per heavy atom. The van der Waals surface area contributed by atoms with Crippen LogP contribution in [0.1, 0.15) is 32.4 Å². The van der Waals surface area contributed by atoms with E-state index in [0.717, 1.165) is 12.8 Å². The number of nitrogens with two attached hydrogens (primary N) is 1. The summed E-state index contributed by atoms with van der Waals surface area (Å²) in [7, 11) is -1.85. The van der Waals surface area contributed by atoms with Crippen molar-refractivity contribution in [3.63, 3.8) is 0 Å². The fraction of sp³-hybridized carbons (Fsp3) is 0.727. The Bertz CT molecular complexity index is 501. The lowest BCUT2D eigenvalue weighted by Gasteiger charge is -2.20. The second-order valence-corrected chi connectivity index (χ2v) is 6.20. The number of hydrogen-bond donors (Lipinski definition) is 1. The van der Waals surface area contributed by atoms with Crippen LogP contribution in [-0.2, 0) is 17.1 Å². The lowest BCUT2D eigenvalue weighted by atomic mass is 10.4. The van der Waals surface area contributed by atoms with E-state index in [1.165, 1.54) is 8.99 Å². The molecular formula is C11H22N4O2S. The van der Waals surface area contributed by atoms with E-state index in [2.05, 4.69) is 5.10 Å². The minimum Gasteiger partial charge on any atom is -0.381 e. The Kier molecular flexibility index (Phi) is 4.75. The maximum atomic E-state index is 12.6. The van der Waals surface area contributed by atoms with E-state index < -0.39 is 10.0 Å². The highest BCUT2D eigenvalue weighted by atomic mass is 32.2. The normalized spacial score (nSPS) is 12.3. The van der Waals surface area contributed by atoms with Crippen molar-refractivity contribution < 1.29 is 8.42 Å². The summed E-state index contributed by atoms with van der Waals surface area (Å²) in [5.74, 6) is 0.0761. The standard InChI is InChI=1S/C11H22N4O2S/c1-5-7-15(8-6-2)18(16,17)10-9(3)14(4)13-11(10)12/h5-8H2,1-4H3,(H2,12,13). The summed E-state index contributed by atoms with van der Waals surface area (Å²) in [6.45, 7) is 6.63. The summed E-state index contributed by atoms with van der Waals surface area (Å²) in [5, 5.41) is 3.97. The molecule has 1 rings (SSSR count). The molecule has 0 bridgehead atoms. The van der Waals surface area contributed by atoms with Gasteiger partial charge in [-0.2, -0.15) is 9.40 Å². The Hall–Kier alpha value is -1.08. The second-order valence-electron chi connectivity index (χ2n) is 4.33. The zero-order valence-corrected chi connectivity index (χ0v) is 12.3. The fourth-order valence-corrected chi connectivity index (χ4v) is 3.83. The van der Waals surface area contributed by atoms with E-state index in [0.29, 0.717) is 18.8 Å². The van der Waals surface area contributed by atoms with Crippen LogP contribution in [0.5, 0.6) is 0 Å². The molecule has 2 N–H and O–H groups in total. The number of aryl methyl sites for hydroxylation is 1. The van der Waals surface area contributed by atoms with E-state index in [1.807, 2.05) is 13.8 Å². The SMILES string of the molecule is CCCN(CCC)S(=O)(=O)c1c(N)nn(C)c1C. The Morgan fingerprint density at radius 3 is 2.11 bits per heavy atom. The van der Waals surface area contributed by atoms with Crippen LogP contribution >= 0.6 is 0 Å². The van der Waals surface area contributed by atoms with Gasteiger partial charge < -0.3 is 5.73 Å². The molecule has 0 aliphatic heterocycles. The van der Waals surface area contributed by atoms with Gasteiger partial charge in [-0.15, -0.1) is 0 Å². The summed E-state index contributed by atoms with van der Waals surface area (Å²) in [6.07, 6.45) is 1.55. The summed E-state index contributed by atoms with van der Waals surface area (Å²) in [5.41, 5.74) is 6.29. The van der Waals surface area contributed by atoms with Crippen LogP contribution < -0.4 is 5.73 Å². The minimum absolute atomic E-state index is 0.0761.